The molecule has 7 heteroatoms. The summed E-state index contributed by atoms with van der Waals surface area (Å²) >= 11 is 0. The molecule has 3 aromatic rings. The van der Waals surface area contributed by atoms with E-state index < -0.39 is 0 Å². The van der Waals surface area contributed by atoms with Crippen molar-refractivity contribution in [1.82, 2.24) is 4.90 Å². The van der Waals surface area contributed by atoms with E-state index in [4.69, 9.17) is 0 Å². The number of imide groups is 1. The van der Waals surface area contributed by atoms with Crippen molar-refractivity contribution in [2.75, 3.05) is 17.2 Å². The number of benzene rings is 3. The standard InChI is InChI=1S/C24H21N3O4/c1-15(28)25-17-10-12-18(13-11-17)26-21(29)9-4-14-27-23(30)19-7-2-5-16-6-3-8-20(22(16)19)24(27)31/h2-3,5-8,10-13H,4,9,14H2,1H3,(H,25,28)(H,26,29). The fourth-order valence-corrected chi connectivity index (χ4v) is 3.74. The third-order valence-electron chi connectivity index (χ3n) is 5.13. The highest BCUT2D eigenvalue weighted by Crippen LogP contribution is 2.30. The van der Waals surface area contributed by atoms with Crippen LogP contribution in [0.1, 0.15) is 40.5 Å². The van der Waals surface area contributed by atoms with Crippen LogP contribution in [-0.2, 0) is 9.59 Å². The van der Waals surface area contributed by atoms with Gasteiger partial charge in [0, 0.05) is 47.8 Å². The molecule has 3 aromatic carbocycles. The lowest BCUT2D eigenvalue weighted by Gasteiger charge is -2.27. The first-order valence-corrected chi connectivity index (χ1v) is 9.99. The van der Waals surface area contributed by atoms with E-state index in [9.17, 15) is 19.2 Å². The Kier molecular flexibility index (Phi) is 5.49. The minimum atomic E-state index is -0.330. The predicted octanol–water partition coefficient (Wildman–Crippen LogP) is 3.81. The molecular formula is C24H21N3O4. The predicted molar refractivity (Wildman–Crippen MR) is 118 cm³/mol. The number of nitrogens with one attached hydrogen (secondary N) is 2. The summed E-state index contributed by atoms with van der Waals surface area (Å²) in [5.74, 6) is -1.05. The molecule has 2 N–H and O–H groups in total. The van der Waals surface area contributed by atoms with Gasteiger partial charge in [0.25, 0.3) is 11.8 Å². The molecule has 0 fully saturated rings. The van der Waals surface area contributed by atoms with Crippen LogP contribution >= 0.6 is 0 Å². The molecule has 0 unspecified atom stereocenters. The molecule has 0 atom stereocenters. The largest absolute Gasteiger partial charge is 0.326 e. The van der Waals surface area contributed by atoms with E-state index in [2.05, 4.69) is 10.6 Å². The number of anilines is 2. The third-order valence-corrected chi connectivity index (χ3v) is 5.13. The second-order valence-electron chi connectivity index (χ2n) is 7.38. The van der Waals surface area contributed by atoms with E-state index in [1.807, 2.05) is 12.1 Å². The maximum Gasteiger partial charge on any atom is 0.261 e. The zero-order valence-corrected chi connectivity index (χ0v) is 17.0. The Morgan fingerprint density at radius 2 is 1.35 bits per heavy atom. The first-order chi connectivity index (χ1) is 14.9. The van der Waals surface area contributed by atoms with Crippen LogP contribution in [0, 0.1) is 0 Å². The minimum absolute atomic E-state index is 0.163. The Hall–Kier alpha value is -4.00. The lowest BCUT2D eigenvalue weighted by molar-refractivity contribution is -0.116. The highest BCUT2D eigenvalue weighted by molar-refractivity contribution is 6.25. The summed E-state index contributed by atoms with van der Waals surface area (Å²) in [5, 5.41) is 6.98. The van der Waals surface area contributed by atoms with E-state index in [1.165, 1.54) is 11.8 Å². The molecule has 1 aliphatic heterocycles. The molecule has 1 aliphatic rings. The molecule has 156 valence electrons. The average molecular weight is 415 g/mol. The van der Waals surface area contributed by atoms with E-state index in [0.717, 1.165) is 5.39 Å². The van der Waals surface area contributed by atoms with Gasteiger partial charge in [0.2, 0.25) is 11.8 Å². The third kappa shape index (κ3) is 4.16. The van der Waals surface area contributed by atoms with Crippen LogP contribution in [0.5, 0.6) is 0 Å². The van der Waals surface area contributed by atoms with Crippen LogP contribution in [0.3, 0.4) is 0 Å². The van der Waals surface area contributed by atoms with Crippen LogP contribution < -0.4 is 10.6 Å². The van der Waals surface area contributed by atoms with Gasteiger partial charge >= 0.3 is 0 Å². The van der Waals surface area contributed by atoms with Crippen molar-refractivity contribution in [1.29, 1.82) is 0 Å². The number of hydrogen-bond donors (Lipinski definition) is 2. The lowest BCUT2D eigenvalue weighted by Crippen LogP contribution is -2.41. The van der Waals surface area contributed by atoms with Crippen molar-refractivity contribution in [3.8, 4) is 0 Å². The molecule has 0 spiro atoms. The van der Waals surface area contributed by atoms with Gasteiger partial charge in [-0.15, -0.1) is 0 Å². The molecule has 31 heavy (non-hydrogen) atoms. The van der Waals surface area contributed by atoms with Gasteiger partial charge in [0.1, 0.15) is 0 Å². The first kappa shape index (κ1) is 20.3. The molecule has 1 heterocycles. The molecular weight excluding hydrogens is 394 g/mol. The Balaban J connectivity index is 1.36. The van der Waals surface area contributed by atoms with Crippen LogP contribution in [0.4, 0.5) is 11.4 Å². The van der Waals surface area contributed by atoms with E-state index in [-0.39, 0.29) is 36.6 Å². The van der Waals surface area contributed by atoms with Crippen molar-refractivity contribution >= 4 is 45.8 Å². The lowest BCUT2D eigenvalue weighted by atomic mass is 9.94. The fraction of sp³-hybridized carbons (Fsp3) is 0.167. The van der Waals surface area contributed by atoms with Crippen LogP contribution in [0.2, 0.25) is 0 Å². The van der Waals surface area contributed by atoms with Gasteiger partial charge in [-0.3, -0.25) is 24.1 Å². The number of carbonyl (C=O) groups is 4. The molecule has 0 aromatic heterocycles. The van der Waals surface area contributed by atoms with Gasteiger partial charge in [-0.2, -0.15) is 0 Å². The highest BCUT2D eigenvalue weighted by Gasteiger charge is 2.32. The Bertz CT molecular complexity index is 1150. The van der Waals surface area contributed by atoms with Gasteiger partial charge in [-0.25, -0.2) is 0 Å². The maximum absolute atomic E-state index is 12.9. The monoisotopic (exact) mass is 415 g/mol. The molecule has 0 saturated carbocycles. The number of nitrogens with zero attached hydrogens (tertiary/aromatic N) is 1. The summed E-state index contributed by atoms with van der Waals surface area (Å²) in [6.45, 7) is 1.59. The molecule has 0 radical (unpaired) electrons. The van der Waals surface area contributed by atoms with E-state index in [1.54, 1.807) is 48.5 Å². The second-order valence-corrected chi connectivity index (χ2v) is 7.38. The normalized spacial score (nSPS) is 12.7. The summed E-state index contributed by atoms with van der Waals surface area (Å²) in [6, 6.07) is 17.6. The summed E-state index contributed by atoms with van der Waals surface area (Å²) in [5.41, 5.74) is 2.26. The second kappa shape index (κ2) is 8.39. The van der Waals surface area contributed by atoms with E-state index in [0.29, 0.717) is 34.3 Å². The number of rotatable bonds is 6. The molecule has 7 nitrogen and oxygen atoms in total. The summed E-state index contributed by atoms with van der Waals surface area (Å²) in [6.07, 6.45) is 0.516. The van der Waals surface area contributed by atoms with Gasteiger partial charge in [0.05, 0.1) is 0 Å². The average Bonchev–Trinajstić information content (AvgIpc) is 2.75. The van der Waals surface area contributed by atoms with Crippen LogP contribution in [0.15, 0.2) is 60.7 Å². The number of amides is 4. The van der Waals surface area contributed by atoms with Crippen molar-refractivity contribution in [2.24, 2.45) is 0 Å². The van der Waals surface area contributed by atoms with Crippen LogP contribution in [-0.4, -0.2) is 35.1 Å². The number of hydrogen-bond acceptors (Lipinski definition) is 4. The van der Waals surface area contributed by atoms with Crippen molar-refractivity contribution in [3.05, 3.63) is 71.8 Å². The van der Waals surface area contributed by atoms with Crippen molar-refractivity contribution in [3.63, 3.8) is 0 Å². The van der Waals surface area contributed by atoms with Gasteiger partial charge in [-0.1, -0.05) is 24.3 Å². The zero-order valence-electron chi connectivity index (χ0n) is 17.0. The molecule has 0 saturated heterocycles. The summed E-state index contributed by atoms with van der Waals surface area (Å²) in [4.78, 5) is 50.3. The molecule has 4 rings (SSSR count). The Labute approximate surface area is 179 Å². The maximum atomic E-state index is 12.9. The number of carbonyl (C=O) groups excluding carboxylic acids is 4. The fourth-order valence-electron chi connectivity index (χ4n) is 3.74. The van der Waals surface area contributed by atoms with Crippen molar-refractivity contribution in [2.45, 2.75) is 19.8 Å². The zero-order chi connectivity index (χ0) is 22.0. The van der Waals surface area contributed by atoms with Gasteiger partial charge < -0.3 is 10.6 Å². The quantitative estimate of drug-likeness (QED) is 0.599. The molecule has 0 aliphatic carbocycles. The topological polar surface area (TPSA) is 95.6 Å². The smallest absolute Gasteiger partial charge is 0.261 e. The SMILES string of the molecule is CC(=O)Nc1ccc(NC(=O)CCCN2C(=O)c3cccc4cccc(c34)C2=O)cc1. The van der Waals surface area contributed by atoms with Crippen molar-refractivity contribution < 1.29 is 19.2 Å². The highest BCUT2D eigenvalue weighted by atomic mass is 16.2. The van der Waals surface area contributed by atoms with E-state index >= 15 is 0 Å². The van der Waals surface area contributed by atoms with Crippen LogP contribution in [0.25, 0.3) is 10.8 Å². The Morgan fingerprint density at radius 1 is 0.806 bits per heavy atom. The summed E-state index contributed by atoms with van der Waals surface area (Å²) in [7, 11) is 0. The summed E-state index contributed by atoms with van der Waals surface area (Å²) < 4.78 is 0. The molecule has 0 bridgehead atoms. The molecule has 4 amide bonds. The van der Waals surface area contributed by atoms with Gasteiger partial charge in [-0.05, 0) is 48.2 Å². The minimum Gasteiger partial charge on any atom is -0.326 e. The Morgan fingerprint density at radius 3 is 1.90 bits per heavy atom. The van der Waals surface area contributed by atoms with Gasteiger partial charge in [0.15, 0.2) is 0 Å². The first-order valence-electron chi connectivity index (χ1n) is 9.99.